The molecular formula is C37H68O4. The molecule has 0 saturated carbocycles. The zero-order valence-corrected chi connectivity index (χ0v) is 27.2. The first-order valence-corrected chi connectivity index (χ1v) is 17.8. The first-order valence-electron chi connectivity index (χ1n) is 17.8. The van der Waals surface area contributed by atoms with Gasteiger partial charge >= 0.3 is 11.9 Å². The number of carboxylic acids is 1. The first kappa shape index (κ1) is 39.4. The van der Waals surface area contributed by atoms with Gasteiger partial charge in [-0.3, -0.25) is 9.59 Å². The number of ether oxygens (including phenoxy) is 1. The summed E-state index contributed by atoms with van der Waals surface area (Å²) in [4.78, 5) is 23.0. The fourth-order valence-electron chi connectivity index (χ4n) is 5.48. The highest BCUT2D eigenvalue weighted by molar-refractivity contribution is 5.78. The van der Waals surface area contributed by atoms with E-state index in [1.54, 1.807) is 0 Å². The Balaban J connectivity index is 3.32. The summed E-state index contributed by atoms with van der Waals surface area (Å²) in [6, 6.07) is 0. The molecule has 0 fully saturated rings. The Morgan fingerprint density at radius 2 is 0.976 bits per heavy atom. The Labute approximate surface area is 255 Å². The fraction of sp³-hybridized carbons (Fsp3) is 0.838. The highest BCUT2D eigenvalue weighted by atomic mass is 16.5. The summed E-state index contributed by atoms with van der Waals surface area (Å²) >= 11 is 0. The predicted molar refractivity (Wildman–Crippen MR) is 176 cm³/mol. The van der Waals surface area contributed by atoms with E-state index in [1.165, 1.54) is 154 Å². The van der Waals surface area contributed by atoms with E-state index >= 15 is 0 Å². The van der Waals surface area contributed by atoms with Crippen molar-refractivity contribution in [2.75, 3.05) is 6.61 Å². The summed E-state index contributed by atoms with van der Waals surface area (Å²) in [5.41, 5.74) is 0. The normalized spacial score (nSPS) is 12.1. The van der Waals surface area contributed by atoms with Crippen LogP contribution >= 0.6 is 0 Å². The van der Waals surface area contributed by atoms with Gasteiger partial charge in [0.1, 0.15) is 6.61 Å². The maximum atomic E-state index is 11.6. The van der Waals surface area contributed by atoms with Crippen LogP contribution in [0.3, 0.4) is 0 Å². The molecule has 0 saturated heterocycles. The van der Waals surface area contributed by atoms with Crippen molar-refractivity contribution in [3.8, 4) is 0 Å². The molecule has 1 unspecified atom stereocenters. The molecule has 4 nitrogen and oxygen atoms in total. The number of aliphatic carboxylic acids is 1. The second kappa shape index (κ2) is 32.9. The van der Waals surface area contributed by atoms with Gasteiger partial charge in [-0.1, -0.05) is 173 Å². The third kappa shape index (κ3) is 31.2. The van der Waals surface area contributed by atoms with E-state index in [2.05, 4.69) is 25.7 Å². The van der Waals surface area contributed by atoms with Gasteiger partial charge in [-0.2, -0.15) is 0 Å². The quantitative estimate of drug-likeness (QED) is 0.0479. The van der Waals surface area contributed by atoms with Crippen molar-refractivity contribution in [3.05, 3.63) is 24.8 Å². The molecule has 0 aromatic rings. The maximum Gasteiger partial charge on any atom is 0.307 e. The number of carbonyl (C=O) groups is 2. The molecule has 240 valence electrons. The number of unbranched alkanes of at least 4 members (excludes halogenated alkanes) is 24. The molecule has 0 aliphatic rings. The van der Waals surface area contributed by atoms with Gasteiger partial charge in [0.2, 0.25) is 0 Å². The van der Waals surface area contributed by atoms with Gasteiger partial charge in [0, 0.05) is 0 Å². The molecule has 0 radical (unpaired) electrons. The zero-order chi connectivity index (χ0) is 30.1. The minimum Gasteiger partial charge on any atom is -0.481 e. The van der Waals surface area contributed by atoms with E-state index in [9.17, 15) is 14.7 Å². The van der Waals surface area contributed by atoms with Gasteiger partial charge in [-0.15, -0.1) is 0 Å². The maximum absolute atomic E-state index is 11.6. The SMILES string of the molecule is C=CCOC(=O)CC(CCCCCCCCCCCC/C=C/CCCCCCCCCCCCCCCC)C(=O)O. The van der Waals surface area contributed by atoms with Crippen molar-refractivity contribution in [1.82, 2.24) is 0 Å². The Kier molecular flexibility index (Phi) is 31.7. The van der Waals surface area contributed by atoms with Crippen molar-refractivity contribution in [2.45, 2.75) is 187 Å². The third-order valence-electron chi connectivity index (χ3n) is 8.19. The van der Waals surface area contributed by atoms with E-state index in [0.717, 1.165) is 19.3 Å². The molecule has 0 aliphatic heterocycles. The molecule has 4 heteroatoms. The number of carboxylic acid groups (broad SMARTS) is 1. The minimum atomic E-state index is -0.902. The number of hydrogen-bond acceptors (Lipinski definition) is 3. The summed E-state index contributed by atoms with van der Waals surface area (Å²) in [7, 11) is 0. The predicted octanol–water partition coefficient (Wildman–Crippen LogP) is 11.9. The molecule has 0 amide bonds. The molecule has 0 heterocycles. The van der Waals surface area contributed by atoms with Crippen LogP contribution in [-0.4, -0.2) is 23.7 Å². The molecule has 1 atom stereocenters. The standard InChI is InChI=1S/C37H68O4/c1-3-5-6-7-8-9-10-11-12-13-14-15-16-17-18-19-20-21-22-23-24-25-26-27-28-29-30-31-32-35(37(39)40)34-36(38)41-33-4-2/h4,19-20,35H,2-3,5-18,21-34H2,1H3,(H,39,40)/b20-19+. The third-order valence-corrected chi connectivity index (χ3v) is 8.19. The van der Waals surface area contributed by atoms with E-state index < -0.39 is 17.9 Å². The highest BCUT2D eigenvalue weighted by Gasteiger charge is 2.21. The van der Waals surface area contributed by atoms with Crippen LogP contribution in [0.5, 0.6) is 0 Å². The average Bonchev–Trinajstić information content (AvgIpc) is 2.96. The highest BCUT2D eigenvalue weighted by Crippen LogP contribution is 2.18. The summed E-state index contributed by atoms with van der Waals surface area (Å²) < 4.78 is 4.91. The van der Waals surface area contributed by atoms with E-state index in [-0.39, 0.29) is 13.0 Å². The lowest BCUT2D eigenvalue weighted by Gasteiger charge is -2.11. The second-order valence-corrected chi connectivity index (χ2v) is 12.2. The van der Waals surface area contributed by atoms with Crippen molar-refractivity contribution in [2.24, 2.45) is 5.92 Å². The first-order chi connectivity index (χ1) is 20.1. The number of hydrogen-bond donors (Lipinski definition) is 1. The smallest absolute Gasteiger partial charge is 0.307 e. The Morgan fingerprint density at radius 1 is 0.610 bits per heavy atom. The topological polar surface area (TPSA) is 63.6 Å². The Bertz CT molecular complexity index is 612. The number of carbonyl (C=O) groups excluding carboxylic acids is 1. The molecule has 1 N–H and O–H groups in total. The minimum absolute atomic E-state index is 0.0432. The van der Waals surface area contributed by atoms with Crippen LogP contribution in [0.4, 0.5) is 0 Å². The summed E-state index contributed by atoms with van der Waals surface area (Å²) in [6.07, 6.45) is 41.5. The summed E-state index contributed by atoms with van der Waals surface area (Å²) in [5.74, 6) is -1.99. The largest absolute Gasteiger partial charge is 0.481 e. The molecule has 0 rings (SSSR count). The van der Waals surface area contributed by atoms with E-state index in [0.29, 0.717) is 6.42 Å². The number of allylic oxidation sites excluding steroid dienone is 2. The van der Waals surface area contributed by atoms with Crippen LogP contribution in [0.1, 0.15) is 187 Å². The molecule has 0 bridgehead atoms. The lowest BCUT2D eigenvalue weighted by atomic mass is 9.97. The molecule has 0 aromatic heterocycles. The van der Waals surface area contributed by atoms with Gasteiger partial charge in [-0.05, 0) is 32.1 Å². The van der Waals surface area contributed by atoms with Gasteiger partial charge in [0.25, 0.3) is 0 Å². The van der Waals surface area contributed by atoms with Crippen molar-refractivity contribution >= 4 is 11.9 Å². The Morgan fingerprint density at radius 3 is 1.34 bits per heavy atom. The van der Waals surface area contributed by atoms with E-state index in [1.807, 2.05) is 0 Å². The number of esters is 1. The van der Waals surface area contributed by atoms with Crippen LogP contribution in [0, 0.1) is 5.92 Å². The zero-order valence-electron chi connectivity index (χ0n) is 27.2. The van der Waals surface area contributed by atoms with Crippen molar-refractivity contribution in [3.63, 3.8) is 0 Å². The summed E-state index contributed by atoms with van der Waals surface area (Å²) in [5, 5.41) is 9.32. The van der Waals surface area contributed by atoms with Gasteiger partial charge < -0.3 is 9.84 Å². The lowest BCUT2D eigenvalue weighted by molar-refractivity contribution is -0.151. The average molecular weight is 577 g/mol. The van der Waals surface area contributed by atoms with E-state index in [4.69, 9.17) is 4.74 Å². The van der Waals surface area contributed by atoms with Crippen LogP contribution < -0.4 is 0 Å². The number of rotatable bonds is 33. The lowest BCUT2D eigenvalue weighted by Crippen LogP contribution is -2.19. The molecule has 0 spiro atoms. The van der Waals surface area contributed by atoms with Crippen LogP contribution in [0.2, 0.25) is 0 Å². The van der Waals surface area contributed by atoms with Gasteiger partial charge in [0.15, 0.2) is 0 Å². The second-order valence-electron chi connectivity index (χ2n) is 12.2. The fourth-order valence-corrected chi connectivity index (χ4v) is 5.48. The monoisotopic (exact) mass is 577 g/mol. The van der Waals surface area contributed by atoms with Crippen LogP contribution in [0.25, 0.3) is 0 Å². The van der Waals surface area contributed by atoms with Gasteiger partial charge in [0.05, 0.1) is 12.3 Å². The Hall–Kier alpha value is -1.58. The molecular weight excluding hydrogens is 508 g/mol. The summed E-state index contributed by atoms with van der Waals surface area (Å²) in [6.45, 7) is 5.93. The molecule has 41 heavy (non-hydrogen) atoms. The van der Waals surface area contributed by atoms with Crippen LogP contribution in [0.15, 0.2) is 24.8 Å². The van der Waals surface area contributed by atoms with Crippen molar-refractivity contribution < 1.29 is 19.4 Å². The molecule has 0 aromatic carbocycles. The van der Waals surface area contributed by atoms with Gasteiger partial charge in [-0.25, -0.2) is 0 Å². The van der Waals surface area contributed by atoms with Crippen LogP contribution in [-0.2, 0) is 14.3 Å². The molecule has 0 aliphatic carbocycles. The van der Waals surface area contributed by atoms with Crippen molar-refractivity contribution in [1.29, 1.82) is 0 Å².